The number of halogens is 4. The van der Waals surface area contributed by atoms with Gasteiger partial charge in [-0.15, -0.1) is 0 Å². The van der Waals surface area contributed by atoms with E-state index in [1.165, 1.54) is 6.07 Å². The summed E-state index contributed by atoms with van der Waals surface area (Å²) in [6, 6.07) is 8.43. The van der Waals surface area contributed by atoms with E-state index in [1.807, 2.05) is 25.1 Å². The molecule has 7 heteroatoms. The molecule has 1 aromatic heterocycles. The molecule has 3 nitrogen and oxygen atoms in total. The Balaban J connectivity index is 1.79. The van der Waals surface area contributed by atoms with Crippen LogP contribution >= 0.6 is 15.9 Å². The molecule has 2 heterocycles. The molecule has 0 unspecified atom stereocenters. The minimum Gasteiger partial charge on any atom is -0.386 e. The fraction of sp³-hybridized carbons (Fsp3) is 0.294. The number of aromatic nitrogens is 1. The minimum absolute atomic E-state index is 0.140. The first kappa shape index (κ1) is 17.0. The van der Waals surface area contributed by atoms with Crippen LogP contribution in [0.15, 0.2) is 41.7 Å². The second kappa shape index (κ2) is 6.55. The Kier molecular flexibility index (Phi) is 4.62. The molecule has 2 aromatic rings. The number of aryl methyl sites for hydroxylation is 1. The average molecular weight is 399 g/mol. The molecule has 0 spiro atoms. The Labute approximate surface area is 145 Å². The van der Waals surface area contributed by atoms with Gasteiger partial charge in [0.2, 0.25) is 0 Å². The summed E-state index contributed by atoms with van der Waals surface area (Å²) in [7, 11) is 0. The van der Waals surface area contributed by atoms with E-state index in [9.17, 15) is 13.2 Å². The van der Waals surface area contributed by atoms with Crippen molar-refractivity contribution in [2.45, 2.75) is 32.0 Å². The van der Waals surface area contributed by atoms with E-state index in [0.29, 0.717) is 18.5 Å². The van der Waals surface area contributed by atoms with Gasteiger partial charge in [0.05, 0.1) is 5.56 Å². The lowest BCUT2D eigenvalue weighted by molar-refractivity contribution is -0.137. The first-order valence-corrected chi connectivity index (χ1v) is 8.12. The molecule has 126 valence electrons. The van der Waals surface area contributed by atoms with Crippen molar-refractivity contribution in [2.24, 2.45) is 5.16 Å². The van der Waals surface area contributed by atoms with Crippen molar-refractivity contribution in [2.75, 3.05) is 0 Å². The third kappa shape index (κ3) is 3.77. The maximum atomic E-state index is 12.6. The summed E-state index contributed by atoms with van der Waals surface area (Å²) in [6.45, 7) is 1.96. The molecule has 1 atom stereocenters. The van der Waals surface area contributed by atoms with Gasteiger partial charge in [0.25, 0.3) is 0 Å². The highest BCUT2D eigenvalue weighted by Gasteiger charge is 2.30. The second-order valence-corrected chi connectivity index (χ2v) is 6.58. The lowest BCUT2D eigenvalue weighted by Crippen LogP contribution is -2.06. The van der Waals surface area contributed by atoms with Crippen LogP contribution in [0.3, 0.4) is 0 Å². The van der Waals surface area contributed by atoms with Crippen LogP contribution < -0.4 is 0 Å². The minimum atomic E-state index is -4.37. The molecular formula is C17H14BrF3N2O. The lowest BCUT2D eigenvalue weighted by atomic mass is 9.97. The Morgan fingerprint density at radius 3 is 2.62 bits per heavy atom. The van der Waals surface area contributed by atoms with E-state index in [-0.39, 0.29) is 6.10 Å². The maximum absolute atomic E-state index is 12.6. The van der Waals surface area contributed by atoms with Gasteiger partial charge in [-0.2, -0.15) is 13.2 Å². The Morgan fingerprint density at radius 1 is 1.25 bits per heavy atom. The van der Waals surface area contributed by atoms with E-state index in [4.69, 9.17) is 4.84 Å². The van der Waals surface area contributed by atoms with Crippen LogP contribution in [0.1, 0.15) is 40.5 Å². The normalized spacial score (nSPS) is 17.5. The van der Waals surface area contributed by atoms with Crippen LogP contribution in [0.25, 0.3) is 0 Å². The summed E-state index contributed by atoms with van der Waals surface area (Å²) >= 11 is 3.31. The number of pyridine rings is 1. The summed E-state index contributed by atoms with van der Waals surface area (Å²) in [5.74, 6) is 0. The van der Waals surface area contributed by atoms with Gasteiger partial charge in [0.15, 0.2) is 6.10 Å². The van der Waals surface area contributed by atoms with Gasteiger partial charge in [-0.1, -0.05) is 23.4 Å². The number of oxime groups is 1. The smallest absolute Gasteiger partial charge is 0.386 e. The van der Waals surface area contributed by atoms with Crippen molar-refractivity contribution in [3.8, 4) is 0 Å². The van der Waals surface area contributed by atoms with Gasteiger partial charge in [-0.3, -0.25) is 4.98 Å². The molecule has 1 aliphatic rings. The van der Waals surface area contributed by atoms with Crippen molar-refractivity contribution >= 4 is 20.6 Å². The SMILES string of the molecule is Cc1ccc([C@@H]2CC(Br)=NO2)cc1Cc1ccc(C(F)(F)F)cn1. The summed E-state index contributed by atoms with van der Waals surface area (Å²) in [6.07, 6.45) is -2.50. The molecule has 0 saturated heterocycles. The van der Waals surface area contributed by atoms with E-state index >= 15 is 0 Å². The van der Waals surface area contributed by atoms with Gasteiger partial charge in [0.1, 0.15) is 4.62 Å². The highest BCUT2D eigenvalue weighted by Crippen LogP contribution is 2.31. The van der Waals surface area contributed by atoms with E-state index in [2.05, 4.69) is 26.1 Å². The first-order valence-electron chi connectivity index (χ1n) is 7.32. The van der Waals surface area contributed by atoms with Crippen LogP contribution in [-0.2, 0) is 17.4 Å². The molecule has 1 aliphatic heterocycles. The average Bonchev–Trinajstić information content (AvgIpc) is 2.96. The molecule has 0 bridgehead atoms. The summed E-state index contributed by atoms with van der Waals surface area (Å²) in [5.41, 5.74) is 2.90. The predicted octanol–water partition coefficient (Wildman–Crippen LogP) is 5.17. The second-order valence-electron chi connectivity index (χ2n) is 5.66. The quantitative estimate of drug-likeness (QED) is 0.714. The third-order valence-electron chi connectivity index (χ3n) is 3.90. The number of alkyl halides is 3. The Hall–Kier alpha value is -1.89. The zero-order valence-electron chi connectivity index (χ0n) is 12.8. The van der Waals surface area contributed by atoms with Crippen LogP contribution in [0, 0.1) is 6.92 Å². The van der Waals surface area contributed by atoms with Crippen molar-refractivity contribution in [1.82, 2.24) is 4.98 Å². The van der Waals surface area contributed by atoms with Crippen LogP contribution in [0.5, 0.6) is 0 Å². The van der Waals surface area contributed by atoms with Gasteiger partial charge >= 0.3 is 6.18 Å². The van der Waals surface area contributed by atoms with Crippen molar-refractivity contribution in [3.63, 3.8) is 0 Å². The molecule has 0 amide bonds. The molecule has 0 N–H and O–H groups in total. The van der Waals surface area contributed by atoms with Gasteiger partial charge in [-0.05, 0) is 51.7 Å². The Morgan fingerprint density at radius 2 is 2.04 bits per heavy atom. The Bertz CT molecular complexity index is 772. The number of benzene rings is 1. The molecule has 1 aromatic carbocycles. The standard InChI is InChI=1S/C17H14BrF3N2O/c1-10-2-3-11(15-8-16(18)23-24-15)6-12(10)7-14-5-4-13(9-22-14)17(19,20)21/h2-6,9,15H,7-8H2,1H3/t15-/m0/s1. The van der Waals surface area contributed by atoms with Gasteiger partial charge in [-0.25, -0.2) is 0 Å². The highest BCUT2D eigenvalue weighted by atomic mass is 79.9. The monoisotopic (exact) mass is 398 g/mol. The molecule has 0 radical (unpaired) electrons. The van der Waals surface area contributed by atoms with Crippen LogP contribution in [-0.4, -0.2) is 9.60 Å². The van der Waals surface area contributed by atoms with E-state index in [1.54, 1.807) is 0 Å². The van der Waals surface area contributed by atoms with E-state index < -0.39 is 11.7 Å². The van der Waals surface area contributed by atoms with Gasteiger partial charge < -0.3 is 4.84 Å². The van der Waals surface area contributed by atoms with Gasteiger partial charge in [0, 0.05) is 24.7 Å². The molecule has 0 saturated carbocycles. The summed E-state index contributed by atoms with van der Waals surface area (Å²) < 4.78 is 38.6. The predicted molar refractivity (Wildman–Crippen MR) is 88.0 cm³/mol. The molecular weight excluding hydrogens is 385 g/mol. The van der Waals surface area contributed by atoms with Crippen molar-refractivity contribution in [3.05, 3.63) is 64.5 Å². The first-order chi connectivity index (χ1) is 11.3. The number of rotatable bonds is 3. The fourth-order valence-electron chi connectivity index (χ4n) is 2.50. The largest absolute Gasteiger partial charge is 0.417 e. The zero-order valence-corrected chi connectivity index (χ0v) is 14.4. The number of hydrogen-bond donors (Lipinski definition) is 0. The molecule has 3 rings (SSSR count). The summed E-state index contributed by atoms with van der Waals surface area (Å²) in [4.78, 5) is 9.29. The third-order valence-corrected chi connectivity index (χ3v) is 4.37. The van der Waals surface area contributed by atoms with Crippen LogP contribution in [0.2, 0.25) is 0 Å². The van der Waals surface area contributed by atoms with E-state index in [0.717, 1.165) is 33.6 Å². The van der Waals surface area contributed by atoms with Crippen LogP contribution in [0.4, 0.5) is 13.2 Å². The molecule has 0 fully saturated rings. The van der Waals surface area contributed by atoms with Crippen molar-refractivity contribution in [1.29, 1.82) is 0 Å². The molecule has 0 aliphatic carbocycles. The molecule has 24 heavy (non-hydrogen) atoms. The lowest BCUT2D eigenvalue weighted by Gasteiger charge is -2.13. The zero-order chi connectivity index (χ0) is 17.3. The topological polar surface area (TPSA) is 34.5 Å². The number of nitrogens with zero attached hydrogens (tertiary/aromatic N) is 2. The fourth-order valence-corrected chi connectivity index (χ4v) is 2.88. The number of hydrogen-bond acceptors (Lipinski definition) is 3. The summed E-state index contributed by atoms with van der Waals surface area (Å²) in [5, 5.41) is 3.88. The maximum Gasteiger partial charge on any atom is 0.417 e. The highest BCUT2D eigenvalue weighted by molar-refractivity contribution is 9.18. The van der Waals surface area contributed by atoms with Crippen molar-refractivity contribution < 1.29 is 18.0 Å².